The molecule has 1 N–H and O–H groups in total. The molecule has 0 spiro atoms. The quantitative estimate of drug-likeness (QED) is 0.318. The Kier molecular flexibility index (Phi) is 8.83. The minimum Gasteiger partial charge on any atom is -0.494 e. The number of carbonyl (C=O) groups is 3. The average Bonchev–Trinajstić information content (AvgIpc) is 2.81. The van der Waals surface area contributed by atoms with Crippen LogP contribution in [0.2, 0.25) is 0 Å². The van der Waals surface area contributed by atoms with E-state index in [0.717, 1.165) is 17.0 Å². The van der Waals surface area contributed by atoms with Crippen LogP contribution in [0.3, 0.4) is 0 Å². The van der Waals surface area contributed by atoms with Gasteiger partial charge >= 0.3 is 11.9 Å². The monoisotopic (exact) mass is 487 g/mol. The molecule has 0 amide bonds. The van der Waals surface area contributed by atoms with Gasteiger partial charge in [0.1, 0.15) is 18.3 Å². The Morgan fingerprint density at radius 2 is 2.00 bits per heavy atom. The minimum absolute atomic E-state index is 0.228. The average molecular weight is 488 g/mol. The van der Waals surface area contributed by atoms with E-state index in [1.807, 2.05) is 52.0 Å². The summed E-state index contributed by atoms with van der Waals surface area (Å²) < 4.78 is 16.2. The Balaban J connectivity index is 2.09. The molecule has 3 unspecified atom stereocenters. The Bertz CT molecular complexity index is 1010. The summed E-state index contributed by atoms with van der Waals surface area (Å²) in [6.07, 6.45) is 0.495. The second kappa shape index (κ2) is 11.6. The predicted molar refractivity (Wildman–Crippen MR) is 131 cm³/mol. The van der Waals surface area contributed by atoms with Gasteiger partial charge in [-0.15, -0.1) is 0 Å². The van der Waals surface area contributed by atoms with Crippen LogP contribution >= 0.6 is 11.8 Å². The van der Waals surface area contributed by atoms with Crippen molar-refractivity contribution in [3.8, 4) is 5.75 Å². The zero-order valence-corrected chi connectivity index (χ0v) is 21.3. The van der Waals surface area contributed by atoms with Crippen LogP contribution in [0.25, 0.3) is 0 Å². The Morgan fingerprint density at radius 1 is 1.24 bits per heavy atom. The molecule has 0 aromatic heterocycles. The van der Waals surface area contributed by atoms with Gasteiger partial charge in [-0.25, -0.2) is 4.79 Å². The number of ether oxygens (including phenoxy) is 3. The lowest BCUT2D eigenvalue weighted by molar-refractivity contribution is -0.151. The van der Waals surface area contributed by atoms with Crippen molar-refractivity contribution in [2.75, 3.05) is 31.8 Å². The number of nitrogens with one attached hydrogen (secondary N) is 1. The molecular formula is C26H33NO6S. The van der Waals surface area contributed by atoms with Gasteiger partial charge in [0.2, 0.25) is 0 Å². The fourth-order valence-electron chi connectivity index (χ4n) is 4.65. The van der Waals surface area contributed by atoms with E-state index in [1.165, 1.54) is 7.11 Å². The highest BCUT2D eigenvalue weighted by Crippen LogP contribution is 2.46. The zero-order valence-electron chi connectivity index (χ0n) is 20.4. The molecule has 8 heteroatoms. The highest BCUT2D eigenvalue weighted by molar-refractivity contribution is 7.99. The van der Waals surface area contributed by atoms with Crippen LogP contribution in [0.15, 0.2) is 46.8 Å². The number of benzene rings is 1. The fraction of sp³-hybridized carbons (Fsp3) is 0.500. The molecule has 7 nitrogen and oxygen atoms in total. The summed E-state index contributed by atoms with van der Waals surface area (Å²) >= 11 is 1.69. The van der Waals surface area contributed by atoms with E-state index in [4.69, 9.17) is 14.2 Å². The van der Waals surface area contributed by atoms with Gasteiger partial charge < -0.3 is 19.5 Å². The Labute approximate surface area is 205 Å². The van der Waals surface area contributed by atoms with Gasteiger partial charge in [0.25, 0.3) is 0 Å². The van der Waals surface area contributed by atoms with Crippen LogP contribution in [-0.2, 0) is 23.9 Å². The molecule has 2 aliphatic rings. The summed E-state index contributed by atoms with van der Waals surface area (Å²) in [5.41, 5.74) is 2.92. The smallest absolute Gasteiger partial charge is 0.336 e. The molecule has 34 heavy (non-hydrogen) atoms. The molecule has 1 aliphatic carbocycles. The van der Waals surface area contributed by atoms with Crippen molar-refractivity contribution in [3.05, 3.63) is 52.4 Å². The summed E-state index contributed by atoms with van der Waals surface area (Å²) in [4.78, 5) is 39.5. The maximum Gasteiger partial charge on any atom is 0.336 e. The van der Waals surface area contributed by atoms with Crippen molar-refractivity contribution in [1.29, 1.82) is 0 Å². The second-order valence-electron chi connectivity index (χ2n) is 8.37. The second-order valence-corrected chi connectivity index (χ2v) is 9.77. The SMILES string of the molecule is CCOc1cccc(C2C(C(=O)OCCSCC)=C(C)NC3=C2C(=O)C(C(=O)OC)C(C)C3)c1. The van der Waals surface area contributed by atoms with E-state index in [0.29, 0.717) is 41.4 Å². The number of esters is 2. The standard InChI is InChI=1S/C26H33NO6S/c1-6-32-18-10-8-9-17(14-18)22-21(26(30)33-11-12-34-7-2)16(4)27-19-13-15(3)20(25(29)31-5)24(28)23(19)22/h8-10,14-15,20,22,27H,6-7,11-13H2,1-5H3. The molecule has 1 heterocycles. The lowest BCUT2D eigenvalue weighted by Crippen LogP contribution is -2.43. The number of allylic oxidation sites excluding steroid dienone is 3. The van der Waals surface area contributed by atoms with E-state index in [1.54, 1.807) is 11.8 Å². The minimum atomic E-state index is -0.917. The summed E-state index contributed by atoms with van der Waals surface area (Å²) in [5.74, 6) is -0.888. The van der Waals surface area contributed by atoms with Crippen molar-refractivity contribution < 1.29 is 28.6 Å². The molecule has 0 radical (unpaired) electrons. The van der Waals surface area contributed by atoms with Crippen LogP contribution in [0.5, 0.6) is 5.75 Å². The van der Waals surface area contributed by atoms with E-state index < -0.39 is 23.8 Å². The lowest BCUT2D eigenvalue weighted by atomic mass is 9.69. The number of hydrogen-bond acceptors (Lipinski definition) is 8. The third kappa shape index (κ3) is 5.32. The van der Waals surface area contributed by atoms with Crippen LogP contribution in [0.4, 0.5) is 0 Å². The molecule has 184 valence electrons. The van der Waals surface area contributed by atoms with Gasteiger partial charge in [-0.1, -0.05) is 26.0 Å². The van der Waals surface area contributed by atoms with E-state index >= 15 is 0 Å². The third-order valence-electron chi connectivity index (χ3n) is 6.13. The first-order valence-electron chi connectivity index (χ1n) is 11.6. The summed E-state index contributed by atoms with van der Waals surface area (Å²) in [7, 11) is 1.29. The number of methoxy groups -OCH3 is 1. The van der Waals surface area contributed by atoms with E-state index in [2.05, 4.69) is 5.32 Å². The number of hydrogen-bond donors (Lipinski definition) is 1. The molecular weight excluding hydrogens is 454 g/mol. The maximum absolute atomic E-state index is 13.7. The maximum atomic E-state index is 13.7. The van der Waals surface area contributed by atoms with Gasteiger partial charge in [0.15, 0.2) is 5.78 Å². The lowest BCUT2D eigenvalue weighted by Gasteiger charge is -2.38. The summed E-state index contributed by atoms with van der Waals surface area (Å²) in [5, 5.41) is 3.28. The summed E-state index contributed by atoms with van der Waals surface area (Å²) in [6.45, 7) is 8.40. The van der Waals surface area contributed by atoms with Gasteiger partial charge in [-0.05, 0) is 49.6 Å². The first-order valence-corrected chi connectivity index (χ1v) is 12.8. The van der Waals surface area contributed by atoms with E-state index in [-0.39, 0.29) is 18.3 Å². The zero-order chi connectivity index (χ0) is 24.8. The molecule has 3 rings (SSSR count). The van der Waals surface area contributed by atoms with Gasteiger partial charge in [-0.2, -0.15) is 11.8 Å². The number of carbonyl (C=O) groups excluding carboxylic acids is 3. The van der Waals surface area contributed by atoms with Crippen LogP contribution in [0, 0.1) is 11.8 Å². The van der Waals surface area contributed by atoms with Crippen LogP contribution < -0.4 is 10.1 Å². The Hall–Kier alpha value is -2.74. The number of dihydropyridines is 1. The van der Waals surface area contributed by atoms with Crippen molar-refractivity contribution in [2.45, 2.75) is 40.0 Å². The molecule has 1 aliphatic heterocycles. The summed E-state index contributed by atoms with van der Waals surface area (Å²) in [6, 6.07) is 7.39. The molecule has 3 atom stereocenters. The molecule has 0 fully saturated rings. The molecule has 1 aromatic rings. The van der Waals surface area contributed by atoms with Gasteiger partial charge in [0, 0.05) is 28.6 Å². The highest BCUT2D eigenvalue weighted by Gasteiger charge is 2.47. The first-order chi connectivity index (χ1) is 16.3. The first kappa shape index (κ1) is 25.9. The van der Waals surface area contributed by atoms with Crippen LogP contribution in [0.1, 0.15) is 45.6 Å². The third-order valence-corrected chi connectivity index (χ3v) is 6.99. The Morgan fingerprint density at radius 3 is 2.68 bits per heavy atom. The predicted octanol–water partition coefficient (Wildman–Crippen LogP) is 3.99. The molecule has 0 saturated carbocycles. The van der Waals surface area contributed by atoms with Gasteiger partial charge in [-0.3, -0.25) is 9.59 Å². The molecule has 0 saturated heterocycles. The van der Waals surface area contributed by atoms with Crippen molar-refractivity contribution in [3.63, 3.8) is 0 Å². The number of ketones is 1. The largest absolute Gasteiger partial charge is 0.494 e. The van der Waals surface area contributed by atoms with Gasteiger partial charge in [0.05, 0.1) is 19.3 Å². The number of thioether (sulfide) groups is 1. The topological polar surface area (TPSA) is 90.9 Å². The van der Waals surface area contributed by atoms with Crippen molar-refractivity contribution >= 4 is 29.5 Å². The number of rotatable bonds is 9. The van der Waals surface area contributed by atoms with Crippen molar-refractivity contribution in [1.82, 2.24) is 5.32 Å². The van der Waals surface area contributed by atoms with E-state index in [9.17, 15) is 14.4 Å². The fourth-order valence-corrected chi connectivity index (χ4v) is 5.14. The van der Waals surface area contributed by atoms with Crippen LogP contribution in [-0.4, -0.2) is 49.6 Å². The molecule has 0 bridgehead atoms. The normalized spacial score (nSPS) is 22.1. The van der Waals surface area contributed by atoms with Crippen molar-refractivity contribution in [2.24, 2.45) is 11.8 Å². The highest BCUT2D eigenvalue weighted by atomic mass is 32.2. The molecule has 1 aromatic carbocycles. The number of Topliss-reactive ketones (excluding diaryl/α,β-unsaturated/α-hetero) is 1.